The molecule has 0 radical (unpaired) electrons. The van der Waals surface area contributed by atoms with Crippen LogP contribution in [0.1, 0.15) is 251 Å². The van der Waals surface area contributed by atoms with E-state index in [4.69, 9.17) is 9.05 Å². The van der Waals surface area contributed by atoms with Crippen molar-refractivity contribution in [1.82, 2.24) is 5.32 Å². The minimum Gasteiger partial charge on any atom is -0.390 e. The maximum Gasteiger partial charge on any atom is 0.472 e. The Morgan fingerprint density at radius 3 is 1.28 bits per heavy atom. The van der Waals surface area contributed by atoms with Crippen LogP contribution in [0.2, 0.25) is 0 Å². The maximum atomic E-state index is 13.0. The SMILES string of the molecule is C/C=C/CC/C=C/CC/C=C/CCCC(O)C(O)C(COP(=O)(O)OCC[N+](C)(C)C)NC(=O)CCCCCCCCCCCCCCCCCCCCCCCCC/C=C\C/C=C\C/C=C\C/C=C\C/C=C\CC. The van der Waals surface area contributed by atoms with Gasteiger partial charge in [-0.2, -0.15) is 0 Å². The predicted octanol–water partition coefficient (Wildman–Crippen LogP) is 18.0. The van der Waals surface area contributed by atoms with Crippen LogP contribution >= 0.6 is 7.82 Å². The van der Waals surface area contributed by atoms with Gasteiger partial charge in [0.15, 0.2) is 0 Å². The minimum atomic E-state index is -4.44. The molecular formula is C65H118N2O7P+. The Bertz CT molecular complexity index is 1560. The molecule has 9 nitrogen and oxygen atoms in total. The molecule has 0 aromatic carbocycles. The monoisotopic (exact) mass is 1070 g/mol. The van der Waals surface area contributed by atoms with Gasteiger partial charge < -0.3 is 24.9 Å². The van der Waals surface area contributed by atoms with E-state index in [9.17, 15) is 24.5 Å². The highest BCUT2D eigenvalue weighted by Crippen LogP contribution is 2.43. The molecule has 1 amide bonds. The van der Waals surface area contributed by atoms with Crippen molar-refractivity contribution < 1.29 is 38.0 Å². The number of hydrogen-bond donors (Lipinski definition) is 4. The van der Waals surface area contributed by atoms with Crippen LogP contribution in [0.15, 0.2) is 97.2 Å². The fourth-order valence-electron chi connectivity index (χ4n) is 8.68. The Kier molecular flexibility index (Phi) is 52.8. The zero-order valence-electron chi connectivity index (χ0n) is 49.1. The van der Waals surface area contributed by atoms with Gasteiger partial charge in [0.2, 0.25) is 5.91 Å². The van der Waals surface area contributed by atoms with Crippen molar-refractivity contribution in [1.29, 1.82) is 0 Å². The third-order valence-corrected chi connectivity index (χ3v) is 14.4. The van der Waals surface area contributed by atoms with E-state index < -0.39 is 32.7 Å². The molecule has 0 fully saturated rings. The van der Waals surface area contributed by atoms with Gasteiger partial charge in [-0.25, -0.2) is 4.57 Å². The van der Waals surface area contributed by atoms with E-state index in [0.717, 1.165) is 83.5 Å². The van der Waals surface area contributed by atoms with Gasteiger partial charge in [0.25, 0.3) is 0 Å². The lowest BCUT2D eigenvalue weighted by atomic mass is 10.0. The number of unbranched alkanes of at least 4 members (excludes halogenated alkanes) is 26. The maximum absolute atomic E-state index is 13.0. The Morgan fingerprint density at radius 2 is 0.853 bits per heavy atom. The zero-order valence-corrected chi connectivity index (χ0v) is 50.0. The summed E-state index contributed by atoms with van der Waals surface area (Å²) < 4.78 is 23.6. The molecule has 4 atom stereocenters. The summed E-state index contributed by atoms with van der Waals surface area (Å²) in [4.78, 5) is 23.3. The van der Waals surface area contributed by atoms with Gasteiger partial charge >= 0.3 is 7.82 Å². The molecule has 10 heteroatoms. The number of aliphatic hydroxyl groups excluding tert-OH is 2. The number of phosphoric acid groups is 1. The quantitative estimate of drug-likeness (QED) is 0.0207. The van der Waals surface area contributed by atoms with E-state index in [0.29, 0.717) is 23.9 Å². The van der Waals surface area contributed by atoms with Crippen LogP contribution in [0.4, 0.5) is 0 Å². The van der Waals surface area contributed by atoms with Crippen molar-refractivity contribution in [3.8, 4) is 0 Å². The second-order valence-corrected chi connectivity index (χ2v) is 23.3. The average Bonchev–Trinajstić information content (AvgIpc) is 3.37. The number of amides is 1. The molecule has 434 valence electrons. The molecule has 0 aromatic heterocycles. The number of nitrogens with one attached hydrogen (secondary N) is 1. The summed E-state index contributed by atoms with van der Waals surface area (Å²) in [5.74, 6) is -0.274. The summed E-state index contributed by atoms with van der Waals surface area (Å²) in [6.07, 6.45) is 75.5. The molecule has 0 aliphatic heterocycles. The van der Waals surface area contributed by atoms with Crippen LogP contribution in [0.5, 0.6) is 0 Å². The number of rotatable bonds is 55. The van der Waals surface area contributed by atoms with Crippen molar-refractivity contribution in [2.75, 3.05) is 40.9 Å². The van der Waals surface area contributed by atoms with E-state index in [2.05, 4.69) is 109 Å². The first-order chi connectivity index (χ1) is 36.4. The van der Waals surface area contributed by atoms with E-state index in [1.165, 1.54) is 135 Å². The standard InChI is InChI=1S/C65H117N2O7P/c1-6-8-10-12-14-16-18-20-21-22-23-24-25-26-27-28-29-30-31-32-33-34-35-36-37-38-39-40-41-42-43-44-45-46-48-50-52-54-56-58-64(69)66-62(61-74-75(71,72)73-60-59-67(3,4)5)65(70)63(68)57-55-53-51-49-47-19-17-15-13-11-9-7-2/h7-10,14-17,20-21,23-24,26-27,49,51,62-63,65,68,70H,6,11-13,18-19,22,25,28-48,50,52-61H2,1-5H3,(H-,66,69,71,72)/p+1/b9-7+,10-8-,16-14-,17-15+,21-20-,24-23-,27-26-,51-49+. The van der Waals surface area contributed by atoms with Crippen molar-refractivity contribution >= 4 is 13.7 Å². The van der Waals surface area contributed by atoms with Crippen molar-refractivity contribution in [3.05, 3.63) is 97.2 Å². The molecule has 0 spiro atoms. The molecule has 0 aliphatic carbocycles. The molecule has 4 unspecified atom stereocenters. The normalized spacial score (nSPS) is 14.9. The van der Waals surface area contributed by atoms with Crippen LogP contribution in [0, 0.1) is 0 Å². The lowest BCUT2D eigenvalue weighted by Crippen LogP contribution is -2.51. The van der Waals surface area contributed by atoms with Crippen LogP contribution < -0.4 is 5.32 Å². The van der Waals surface area contributed by atoms with Gasteiger partial charge in [0.1, 0.15) is 19.3 Å². The number of aliphatic hydroxyl groups is 2. The first-order valence-corrected chi connectivity index (χ1v) is 32.1. The summed E-state index contributed by atoms with van der Waals surface area (Å²) in [5.41, 5.74) is 0. The Labute approximate surface area is 462 Å². The fraction of sp³-hybridized carbons (Fsp3) is 0.738. The van der Waals surface area contributed by atoms with Gasteiger partial charge in [0.05, 0.1) is 39.9 Å². The van der Waals surface area contributed by atoms with Crippen LogP contribution in [-0.2, 0) is 18.4 Å². The molecule has 0 aromatic rings. The first kappa shape index (κ1) is 72.4. The summed E-state index contributed by atoms with van der Waals surface area (Å²) in [6, 6.07) is -1.06. The number of hydrogen-bond acceptors (Lipinski definition) is 6. The molecular weight excluding hydrogens is 952 g/mol. The van der Waals surface area contributed by atoms with Crippen molar-refractivity contribution in [3.63, 3.8) is 0 Å². The van der Waals surface area contributed by atoms with Gasteiger partial charge in [-0.1, -0.05) is 239 Å². The number of likely N-dealkylation sites (N-methyl/N-ethyl adjacent to an activating group) is 1. The third kappa shape index (κ3) is 55.9. The molecule has 75 heavy (non-hydrogen) atoms. The first-order valence-electron chi connectivity index (χ1n) is 30.7. The van der Waals surface area contributed by atoms with E-state index in [1.54, 1.807) is 0 Å². The molecule has 0 rings (SSSR count). The largest absolute Gasteiger partial charge is 0.472 e. The number of carbonyl (C=O) groups is 1. The number of carbonyl (C=O) groups excluding carboxylic acids is 1. The Morgan fingerprint density at radius 1 is 0.493 bits per heavy atom. The van der Waals surface area contributed by atoms with E-state index >= 15 is 0 Å². The minimum absolute atomic E-state index is 0.0104. The van der Waals surface area contributed by atoms with E-state index in [-0.39, 0.29) is 18.9 Å². The topological polar surface area (TPSA) is 125 Å². The van der Waals surface area contributed by atoms with Crippen LogP contribution in [0.25, 0.3) is 0 Å². The van der Waals surface area contributed by atoms with Crippen LogP contribution in [0.3, 0.4) is 0 Å². The van der Waals surface area contributed by atoms with Crippen molar-refractivity contribution in [2.45, 2.75) is 270 Å². The van der Waals surface area contributed by atoms with Gasteiger partial charge in [0, 0.05) is 6.42 Å². The third-order valence-electron chi connectivity index (χ3n) is 13.5. The lowest BCUT2D eigenvalue weighted by molar-refractivity contribution is -0.870. The van der Waals surface area contributed by atoms with Gasteiger partial charge in [-0.3, -0.25) is 13.8 Å². The number of allylic oxidation sites excluding steroid dienone is 16. The Balaban J connectivity index is 3.98. The summed E-state index contributed by atoms with van der Waals surface area (Å²) in [7, 11) is 1.40. The molecule has 0 heterocycles. The number of quaternary nitrogens is 1. The number of nitrogens with zero attached hydrogens (tertiary/aromatic N) is 1. The lowest BCUT2D eigenvalue weighted by Gasteiger charge is -2.28. The highest BCUT2D eigenvalue weighted by Gasteiger charge is 2.32. The predicted molar refractivity (Wildman–Crippen MR) is 324 cm³/mol. The Hall–Kier alpha value is -2.62. The molecule has 0 saturated heterocycles. The fourth-order valence-corrected chi connectivity index (χ4v) is 9.42. The van der Waals surface area contributed by atoms with Crippen molar-refractivity contribution in [2.24, 2.45) is 0 Å². The van der Waals surface area contributed by atoms with E-state index in [1.807, 2.05) is 28.1 Å². The highest BCUT2D eigenvalue weighted by molar-refractivity contribution is 7.47. The van der Waals surface area contributed by atoms with Crippen LogP contribution in [-0.4, -0.2) is 84.6 Å². The summed E-state index contributed by atoms with van der Waals surface area (Å²) in [6.45, 7) is 4.25. The summed E-state index contributed by atoms with van der Waals surface area (Å²) in [5, 5.41) is 24.8. The smallest absolute Gasteiger partial charge is 0.390 e. The molecule has 4 N–H and O–H groups in total. The molecule has 0 saturated carbocycles. The number of phosphoric ester groups is 1. The zero-order chi connectivity index (χ0) is 55.0. The highest BCUT2D eigenvalue weighted by atomic mass is 31.2. The second-order valence-electron chi connectivity index (χ2n) is 21.8. The molecule has 0 bridgehead atoms. The summed E-state index contributed by atoms with van der Waals surface area (Å²) >= 11 is 0. The molecule has 0 aliphatic rings. The average molecular weight is 1070 g/mol. The van der Waals surface area contributed by atoms with Gasteiger partial charge in [-0.05, 0) is 103 Å². The second kappa shape index (κ2) is 54.7. The van der Waals surface area contributed by atoms with Gasteiger partial charge in [-0.15, -0.1) is 0 Å².